The summed E-state index contributed by atoms with van der Waals surface area (Å²) in [6.45, 7) is 6.78. The van der Waals surface area contributed by atoms with Crippen molar-refractivity contribution in [3.8, 4) is 0 Å². The molecule has 0 aromatic heterocycles. The maximum Gasteiger partial charge on any atom is 0.0409 e. The van der Waals surface area contributed by atoms with Crippen LogP contribution in [0.2, 0.25) is 0 Å². The first kappa shape index (κ1) is 15.6. The Hall–Kier alpha value is -0.470. The highest BCUT2D eigenvalue weighted by atomic mass is 32.2. The molecule has 1 rings (SSSR count). The van der Waals surface area contributed by atoms with Gasteiger partial charge in [-0.25, -0.2) is 0 Å². The fourth-order valence-corrected chi connectivity index (χ4v) is 3.10. The minimum absolute atomic E-state index is 0.481. The van der Waals surface area contributed by atoms with Gasteiger partial charge >= 0.3 is 0 Å². The summed E-state index contributed by atoms with van der Waals surface area (Å²) in [6, 6.07) is 9.61. The molecule has 1 aromatic carbocycles. The molecule has 0 fully saturated rings. The van der Waals surface area contributed by atoms with Crippen molar-refractivity contribution in [2.24, 2.45) is 5.92 Å². The summed E-state index contributed by atoms with van der Waals surface area (Å²) in [4.78, 5) is 0. The Morgan fingerprint density at radius 3 is 2.33 bits per heavy atom. The molecule has 2 heteroatoms. The SMILES string of the molecule is CCCSCC(NC)c1ccc(CC(C)C)cc1. The van der Waals surface area contributed by atoms with E-state index in [0.29, 0.717) is 6.04 Å². The van der Waals surface area contributed by atoms with Crippen LogP contribution >= 0.6 is 11.8 Å². The number of rotatable bonds is 8. The molecule has 0 saturated carbocycles. The Morgan fingerprint density at radius 1 is 1.17 bits per heavy atom. The molecule has 102 valence electrons. The van der Waals surface area contributed by atoms with E-state index in [1.165, 1.54) is 29.7 Å². The third-order valence-electron chi connectivity index (χ3n) is 3.01. The van der Waals surface area contributed by atoms with E-state index in [4.69, 9.17) is 0 Å². The van der Waals surface area contributed by atoms with Crippen LogP contribution < -0.4 is 5.32 Å². The average molecular weight is 265 g/mol. The van der Waals surface area contributed by atoms with Crippen LogP contribution in [-0.2, 0) is 6.42 Å². The maximum atomic E-state index is 3.42. The molecule has 1 nitrogen and oxygen atoms in total. The van der Waals surface area contributed by atoms with E-state index >= 15 is 0 Å². The van der Waals surface area contributed by atoms with E-state index in [2.05, 4.69) is 57.4 Å². The van der Waals surface area contributed by atoms with Crippen molar-refractivity contribution >= 4 is 11.8 Å². The van der Waals surface area contributed by atoms with Gasteiger partial charge in [0.1, 0.15) is 0 Å². The Balaban J connectivity index is 2.57. The summed E-state index contributed by atoms with van der Waals surface area (Å²) < 4.78 is 0. The van der Waals surface area contributed by atoms with Crippen molar-refractivity contribution in [2.45, 2.75) is 39.7 Å². The first-order valence-corrected chi connectivity index (χ1v) is 8.16. The molecule has 0 amide bonds. The van der Waals surface area contributed by atoms with Crippen molar-refractivity contribution in [1.82, 2.24) is 5.32 Å². The summed E-state index contributed by atoms with van der Waals surface area (Å²) in [5, 5.41) is 3.42. The first-order chi connectivity index (χ1) is 8.67. The normalized spacial score (nSPS) is 12.9. The third-order valence-corrected chi connectivity index (χ3v) is 4.27. The molecule has 1 N–H and O–H groups in total. The minimum Gasteiger partial charge on any atom is -0.312 e. The van der Waals surface area contributed by atoms with E-state index in [0.717, 1.165) is 11.7 Å². The zero-order chi connectivity index (χ0) is 13.4. The van der Waals surface area contributed by atoms with Crippen molar-refractivity contribution < 1.29 is 0 Å². The first-order valence-electron chi connectivity index (χ1n) is 7.01. The summed E-state index contributed by atoms with van der Waals surface area (Å²) in [7, 11) is 2.05. The topological polar surface area (TPSA) is 12.0 Å². The predicted octanol–water partition coefficient (Wildman–Crippen LogP) is 4.29. The van der Waals surface area contributed by atoms with E-state index < -0.39 is 0 Å². The maximum absolute atomic E-state index is 3.42. The molecule has 0 bridgehead atoms. The average Bonchev–Trinajstić information content (AvgIpc) is 2.35. The smallest absolute Gasteiger partial charge is 0.0409 e. The van der Waals surface area contributed by atoms with Crippen molar-refractivity contribution in [3.63, 3.8) is 0 Å². The predicted molar refractivity (Wildman–Crippen MR) is 84.4 cm³/mol. The van der Waals surface area contributed by atoms with E-state index in [-0.39, 0.29) is 0 Å². The van der Waals surface area contributed by atoms with Gasteiger partial charge in [-0.15, -0.1) is 0 Å². The van der Waals surface area contributed by atoms with Crippen LogP contribution in [0.1, 0.15) is 44.4 Å². The van der Waals surface area contributed by atoms with Gasteiger partial charge in [0.15, 0.2) is 0 Å². The van der Waals surface area contributed by atoms with Crippen LogP contribution in [0.15, 0.2) is 24.3 Å². The van der Waals surface area contributed by atoms with Gasteiger partial charge in [0.25, 0.3) is 0 Å². The standard InChI is InChI=1S/C16H27NS/c1-5-10-18-12-16(17-4)15-8-6-14(7-9-15)11-13(2)3/h6-9,13,16-17H,5,10-12H2,1-4H3. The van der Waals surface area contributed by atoms with Gasteiger partial charge < -0.3 is 5.32 Å². The second-order valence-electron chi connectivity index (χ2n) is 5.26. The Labute approximate surface area is 117 Å². The van der Waals surface area contributed by atoms with E-state index in [1.807, 2.05) is 11.8 Å². The summed E-state index contributed by atoms with van der Waals surface area (Å²) in [6.07, 6.45) is 2.43. The third kappa shape index (κ3) is 5.45. The fourth-order valence-electron chi connectivity index (χ4n) is 2.05. The molecule has 0 radical (unpaired) electrons. The van der Waals surface area contributed by atoms with E-state index in [1.54, 1.807) is 0 Å². The fraction of sp³-hybridized carbons (Fsp3) is 0.625. The molecule has 18 heavy (non-hydrogen) atoms. The van der Waals surface area contributed by atoms with Gasteiger partial charge in [-0.2, -0.15) is 11.8 Å². The molecular formula is C16H27NS. The zero-order valence-electron chi connectivity index (χ0n) is 12.2. The van der Waals surface area contributed by atoms with E-state index in [9.17, 15) is 0 Å². The van der Waals surface area contributed by atoms with Gasteiger partial charge in [-0.1, -0.05) is 45.0 Å². The number of hydrogen-bond donors (Lipinski definition) is 1. The highest BCUT2D eigenvalue weighted by Crippen LogP contribution is 2.20. The molecule has 0 aliphatic carbocycles. The lowest BCUT2D eigenvalue weighted by Gasteiger charge is -2.17. The van der Waals surface area contributed by atoms with Crippen molar-refractivity contribution in [2.75, 3.05) is 18.6 Å². The van der Waals surface area contributed by atoms with Crippen molar-refractivity contribution in [1.29, 1.82) is 0 Å². The van der Waals surface area contributed by atoms with Crippen LogP contribution in [0.25, 0.3) is 0 Å². The van der Waals surface area contributed by atoms with Gasteiger partial charge in [0, 0.05) is 11.8 Å². The summed E-state index contributed by atoms with van der Waals surface area (Å²) in [5.74, 6) is 3.15. The largest absolute Gasteiger partial charge is 0.312 e. The molecule has 0 saturated heterocycles. The molecule has 1 unspecified atom stereocenters. The molecule has 1 aromatic rings. The number of hydrogen-bond acceptors (Lipinski definition) is 2. The summed E-state index contributed by atoms with van der Waals surface area (Å²) >= 11 is 2.03. The van der Waals surface area contributed by atoms with Crippen LogP contribution in [0.5, 0.6) is 0 Å². The molecule has 1 atom stereocenters. The zero-order valence-corrected chi connectivity index (χ0v) is 13.0. The number of nitrogens with one attached hydrogen (secondary N) is 1. The lowest BCUT2D eigenvalue weighted by atomic mass is 10.00. The van der Waals surface area contributed by atoms with Crippen LogP contribution in [0, 0.1) is 5.92 Å². The lowest BCUT2D eigenvalue weighted by molar-refractivity contribution is 0.643. The minimum atomic E-state index is 0.481. The Kier molecular flexibility index (Phi) is 7.45. The molecule has 0 heterocycles. The number of benzene rings is 1. The second kappa shape index (κ2) is 8.60. The highest BCUT2D eigenvalue weighted by Gasteiger charge is 2.09. The Morgan fingerprint density at radius 2 is 1.83 bits per heavy atom. The highest BCUT2D eigenvalue weighted by molar-refractivity contribution is 7.99. The summed E-state index contributed by atoms with van der Waals surface area (Å²) in [5.41, 5.74) is 2.86. The van der Waals surface area contributed by atoms with Gasteiger partial charge in [-0.3, -0.25) is 0 Å². The van der Waals surface area contributed by atoms with Gasteiger partial charge in [0.05, 0.1) is 0 Å². The van der Waals surface area contributed by atoms with Gasteiger partial charge in [-0.05, 0) is 42.7 Å². The van der Waals surface area contributed by atoms with Crippen LogP contribution in [-0.4, -0.2) is 18.6 Å². The van der Waals surface area contributed by atoms with Crippen LogP contribution in [0.3, 0.4) is 0 Å². The lowest BCUT2D eigenvalue weighted by Crippen LogP contribution is -2.18. The van der Waals surface area contributed by atoms with Crippen LogP contribution in [0.4, 0.5) is 0 Å². The molecule has 0 spiro atoms. The second-order valence-corrected chi connectivity index (χ2v) is 6.41. The Bertz CT molecular complexity index is 318. The molecule has 0 aliphatic heterocycles. The van der Waals surface area contributed by atoms with Crippen molar-refractivity contribution in [3.05, 3.63) is 35.4 Å². The van der Waals surface area contributed by atoms with Gasteiger partial charge in [0.2, 0.25) is 0 Å². The number of thioether (sulfide) groups is 1. The monoisotopic (exact) mass is 265 g/mol. The molecule has 0 aliphatic rings. The quantitative estimate of drug-likeness (QED) is 0.704. The molecular weight excluding hydrogens is 238 g/mol.